The molecule has 0 saturated carbocycles. The maximum Gasteiger partial charge on any atom is 0.179 e. The molecule has 1 saturated heterocycles. The summed E-state index contributed by atoms with van der Waals surface area (Å²) >= 11 is 5.93. The minimum Gasteiger partial charge on any atom is -0.293 e. The molecule has 1 aromatic rings. The first kappa shape index (κ1) is 13.6. The Morgan fingerprint density at radius 2 is 2.33 bits per heavy atom. The molecule has 0 radical (unpaired) electrons. The largest absolute Gasteiger partial charge is 0.293 e. The Bertz CT molecular complexity index is 432. The van der Waals surface area contributed by atoms with Crippen molar-refractivity contribution in [3.63, 3.8) is 0 Å². The van der Waals surface area contributed by atoms with E-state index in [-0.39, 0.29) is 11.8 Å². The molecule has 3 heteroatoms. The van der Waals surface area contributed by atoms with Gasteiger partial charge in [0.25, 0.3) is 0 Å². The predicted octanol–water partition coefficient (Wildman–Crippen LogP) is 3.64. The molecule has 0 bridgehead atoms. The van der Waals surface area contributed by atoms with Crippen molar-refractivity contribution in [3.05, 3.63) is 34.9 Å². The van der Waals surface area contributed by atoms with Crippen molar-refractivity contribution in [1.29, 1.82) is 0 Å². The van der Waals surface area contributed by atoms with Gasteiger partial charge in [0.15, 0.2) is 5.78 Å². The van der Waals surface area contributed by atoms with Gasteiger partial charge in [-0.1, -0.05) is 37.1 Å². The van der Waals surface area contributed by atoms with Gasteiger partial charge in [-0.15, -0.1) is 0 Å². The van der Waals surface area contributed by atoms with Crippen LogP contribution < -0.4 is 0 Å². The molecule has 98 valence electrons. The van der Waals surface area contributed by atoms with Crippen LogP contribution in [0.3, 0.4) is 0 Å². The standard InChI is InChI=1S/C15H20ClNO/c1-3-12-7-8-17(10-12)11(2)15(18)13-5-4-6-14(16)9-13/h4-6,9,11-12H,3,7-8,10H2,1-2H3. The van der Waals surface area contributed by atoms with Gasteiger partial charge in [-0.05, 0) is 37.9 Å². The number of Topliss-reactive ketones (excluding diaryl/α,β-unsaturated/α-hetero) is 1. The van der Waals surface area contributed by atoms with Crippen LogP contribution in [0, 0.1) is 5.92 Å². The molecular formula is C15H20ClNO. The highest BCUT2D eigenvalue weighted by Crippen LogP contribution is 2.23. The SMILES string of the molecule is CCC1CCN(C(C)C(=O)c2cccc(Cl)c2)C1. The molecule has 0 aromatic heterocycles. The zero-order valence-electron chi connectivity index (χ0n) is 11.0. The number of hydrogen-bond acceptors (Lipinski definition) is 2. The molecule has 1 aliphatic rings. The summed E-state index contributed by atoms with van der Waals surface area (Å²) in [4.78, 5) is 14.7. The van der Waals surface area contributed by atoms with Gasteiger partial charge >= 0.3 is 0 Å². The Balaban J connectivity index is 2.05. The molecule has 1 aromatic carbocycles. The number of halogens is 1. The lowest BCUT2D eigenvalue weighted by atomic mass is 10.0. The second-order valence-electron chi connectivity index (χ2n) is 5.11. The summed E-state index contributed by atoms with van der Waals surface area (Å²) in [6.45, 7) is 6.30. The smallest absolute Gasteiger partial charge is 0.179 e. The number of ketones is 1. The maximum atomic E-state index is 12.4. The number of hydrogen-bond donors (Lipinski definition) is 0. The van der Waals surface area contributed by atoms with E-state index in [1.165, 1.54) is 12.8 Å². The van der Waals surface area contributed by atoms with Crippen LogP contribution in [-0.2, 0) is 0 Å². The second kappa shape index (κ2) is 5.85. The Kier molecular flexibility index (Phi) is 4.41. The first-order valence-corrected chi connectivity index (χ1v) is 7.03. The third kappa shape index (κ3) is 2.93. The van der Waals surface area contributed by atoms with E-state index in [0.29, 0.717) is 5.02 Å². The molecule has 0 aliphatic carbocycles. The number of nitrogens with zero attached hydrogens (tertiary/aromatic N) is 1. The summed E-state index contributed by atoms with van der Waals surface area (Å²) in [7, 11) is 0. The summed E-state index contributed by atoms with van der Waals surface area (Å²) in [5.41, 5.74) is 0.718. The topological polar surface area (TPSA) is 20.3 Å². The van der Waals surface area contributed by atoms with E-state index in [9.17, 15) is 4.79 Å². The average molecular weight is 266 g/mol. The summed E-state index contributed by atoms with van der Waals surface area (Å²) in [6.07, 6.45) is 2.41. The maximum absolute atomic E-state index is 12.4. The number of carbonyl (C=O) groups excluding carboxylic acids is 1. The molecule has 0 spiro atoms. The van der Waals surface area contributed by atoms with Crippen molar-refractivity contribution in [2.75, 3.05) is 13.1 Å². The Morgan fingerprint density at radius 1 is 1.56 bits per heavy atom. The van der Waals surface area contributed by atoms with Gasteiger partial charge in [-0.25, -0.2) is 0 Å². The monoisotopic (exact) mass is 265 g/mol. The van der Waals surface area contributed by atoms with Crippen LogP contribution >= 0.6 is 11.6 Å². The first-order chi connectivity index (χ1) is 8.61. The normalized spacial score (nSPS) is 22.1. The van der Waals surface area contributed by atoms with Crippen LogP contribution in [0.15, 0.2) is 24.3 Å². The Morgan fingerprint density at radius 3 is 2.94 bits per heavy atom. The lowest BCUT2D eigenvalue weighted by molar-refractivity contribution is 0.0862. The molecular weight excluding hydrogens is 246 g/mol. The molecule has 1 fully saturated rings. The van der Waals surface area contributed by atoms with Crippen LogP contribution in [0.4, 0.5) is 0 Å². The van der Waals surface area contributed by atoms with E-state index in [4.69, 9.17) is 11.6 Å². The molecule has 2 nitrogen and oxygen atoms in total. The summed E-state index contributed by atoms with van der Waals surface area (Å²) in [5, 5.41) is 0.626. The van der Waals surface area contributed by atoms with Crippen molar-refractivity contribution in [2.24, 2.45) is 5.92 Å². The van der Waals surface area contributed by atoms with Crippen LogP contribution in [0.5, 0.6) is 0 Å². The highest BCUT2D eigenvalue weighted by Gasteiger charge is 2.29. The number of likely N-dealkylation sites (tertiary alicyclic amines) is 1. The van der Waals surface area contributed by atoms with Crippen LogP contribution in [0.25, 0.3) is 0 Å². The third-order valence-corrected chi connectivity index (χ3v) is 4.17. The molecule has 18 heavy (non-hydrogen) atoms. The molecule has 0 amide bonds. The van der Waals surface area contributed by atoms with E-state index in [1.54, 1.807) is 12.1 Å². The summed E-state index contributed by atoms with van der Waals surface area (Å²) < 4.78 is 0. The molecule has 2 atom stereocenters. The molecule has 0 N–H and O–H groups in total. The van der Waals surface area contributed by atoms with E-state index < -0.39 is 0 Å². The van der Waals surface area contributed by atoms with Gasteiger partial charge in [0.1, 0.15) is 0 Å². The Hall–Kier alpha value is -0.860. The van der Waals surface area contributed by atoms with Crippen LogP contribution in [0.1, 0.15) is 37.0 Å². The average Bonchev–Trinajstić information content (AvgIpc) is 2.85. The van der Waals surface area contributed by atoms with E-state index in [2.05, 4.69) is 11.8 Å². The van der Waals surface area contributed by atoms with Crippen molar-refractivity contribution >= 4 is 17.4 Å². The van der Waals surface area contributed by atoms with E-state index in [1.807, 2.05) is 19.1 Å². The minimum absolute atomic E-state index is 0.0417. The van der Waals surface area contributed by atoms with Gasteiger partial charge in [-0.3, -0.25) is 9.69 Å². The van der Waals surface area contributed by atoms with Gasteiger partial charge in [0, 0.05) is 17.1 Å². The van der Waals surface area contributed by atoms with Crippen molar-refractivity contribution in [3.8, 4) is 0 Å². The van der Waals surface area contributed by atoms with Crippen molar-refractivity contribution in [1.82, 2.24) is 4.90 Å². The molecule has 1 aliphatic heterocycles. The summed E-state index contributed by atoms with van der Waals surface area (Å²) in [5.74, 6) is 0.925. The number of carbonyl (C=O) groups is 1. The quantitative estimate of drug-likeness (QED) is 0.775. The van der Waals surface area contributed by atoms with E-state index >= 15 is 0 Å². The first-order valence-electron chi connectivity index (χ1n) is 6.65. The van der Waals surface area contributed by atoms with Crippen LogP contribution in [-0.4, -0.2) is 29.8 Å². The van der Waals surface area contributed by atoms with Crippen molar-refractivity contribution in [2.45, 2.75) is 32.7 Å². The van der Waals surface area contributed by atoms with Crippen LogP contribution in [0.2, 0.25) is 5.02 Å². The second-order valence-corrected chi connectivity index (χ2v) is 5.54. The zero-order chi connectivity index (χ0) is 13.1. The lowest BCUT2D eigenvalue weighted by Gasteiger charge is -2.23. The molecule has 2 rings (SSSR count). The number of rotatable bonds is 4. The fourth-order valence-electron chi connectivity index (χ4n) is 2.60. The fourth-order valence-corrected chi connectivity index (χ4v) is 2.79. The van der Waals surface area contributed by atoms with E-state index in [0.717, 1.165) is 24.6 Å². The van der Waals surface area contributed by atoms with Gasteiger partial charge in [0.2, 0.25) is 0 Å². The van der Waals surface area contributed by atoms with Gasteiger partial charge in [0.05, 0.1) is 6.04 Å². The van der Waals surface area contributed by atoms with Gasteiger partial charge < -0.3 is 0 Å². The Labute approximate surface area is 114 Å². The fraction of sp³-hybridized carbons (Fsp3) is 0.533. The lowest BCUT2D eigenvalue weighted by Crippen LogP contribution is -2.37. The molecule has 1 heterocycles. The minimum atomic E-state index is -0.0417. The predicted molar refractivity (Wildman–Crippen MR) is 75.2 cm³/mol. The zero-order valence-corrected chi connectivity index (χ0v) is 11.8. The molecule has 2 unspecified atom stereocenters. The highest BCUT2D eigenvalue weighted by atomic mass is 35.5. The third-order valence-electron chi connectivity index (χ3n) is 3.93. The number of benzene rings is 1. The van der Waals surface area contributed by atoms with Gasteiger partial charge in [-0.2, -0.15) is 0 Å². The van der Waals surface area contributed by atoms with Crippen molar-refractivity contribution < 1.29 is 4.79 Å². The highest BCUT2D eigenvalue weighted by molar-refractivity contribution is 6.31. The summed E-state index contributed by atoms with van der Waals surface area (Å²) in [6, 6.07) is 7.19.